The number of carbonyl (C=O) groups excluding carboxylic acids is 1. The number of hydrogen-bond donors (Lipinski definition) is 2. The second kappa shape index (κ2) is 6.22. The van der Waals surface area contributed by atoms with Gasteiger partial charge >= 0.3 is 0 Å². The predicted octanol–water partition coefficient (Wildman–Crippen LogP) is 2.81. The Hall–Kier alpha value is -2.30. The summed E-state index contributed by atoms with van der Waals surface area (Å²) in [5.41, 5.74) is 4.87. The Morgan fingerprint density at radius 1 is 1.32 bits per heavy atom. The van der Waals surface area contributed by atoms with E-state index >= 15 is 0 Å². The van der Waals surface area contributed by atoms with Gasteiger partial charge in [-0.1, -0.05) is 6.07 Å². The van der Waals surface area contributed by atoms with Crippen molar-refractivity contribution in [3.05, 3.63) is 41.2 Å². The summed E-state index contributed by atoms with van der Waals surface area (Å²) in [6.45, 7) is 6.06. The van der Waals surface area contributed by atoms with E-state index < -0.39 is 0 Å². The van der Waals surface area contributed by atoms with Crippen molar-refractivity contribution in [1.29, 1.82) is 0 Å². The minimum atomic E-state index is -0.00817. The lowest BCUT2D eigenvalue weighted by Crippen LogP contribution is -2.19. The molecular weight excluding hydrogens is 276 g/mol. The molecule has 1 aliphatic rings. The summed E-state index contributed by atoms with van der Waals surface area (Å²) >= 11 is 0. The van der Waals surface area contributed by atoms with Crippen molar-refractivity contribution in [2.45, 2.75) is 33.1 Å². The van der Waals surface area contributed by atoms with Crippen molar-refractivity contribution in [1.82, 2.24) is 10.2 Å². The molecule has 0 saturated carbocycles. The Balaban J connectivity index is 1.67. The van der Waals surface area contributed by atoms with Crippen LogP contribution >= 0.6 is 0 Å². The lowest BCUT2D eigenvalue weighted by molar-refractivity contribution is -0.115. The molecule has 116 valence electrons. The van der Waals surface area contributed by atoms with E-state index in [2.05, 4.69) is 32.5 Å². The fraction of sp³-hybridized carbons (Fsp3) is 0.412. The molecule has 0 atom stereocenters. The number of hydrogen-bond acceptors (Lipinski definition) is 3. The van der Waals surface area contributed by atoms with Crippen LogP contribution in [0.5, 0.6) is 0 Å². The molecule has 1 amide bonds. The molecule has 22 heavy (non-hydrogen) atoms. The topological polar surface area (TPSA) is 61.0 Å². The number of aromatic amines is 1. The lowest BCUT2D eigenvalue weighted by Gasteiger charge is -2.18. The van der Waals surface area contributed by atoms with E-state index in [0.29, 0.717) is 6.42 Å². The number of nitrogens with one attached hydrogen (secondary N) is 2. The first-order valence-electron chi connectivity index (χ1n) is 7.79. The van der Waals surface area contributed by atoms with E-state index in [1.807, 2.05) is 26.0 Å². The second-order valence-electron chi connectivity index (χ2n) is 5.88. The first-order valence-corrected chi connectivity index (χ1v) is 7.79. The van der Waals surface area contributed by atoms with Crippen LogP contribution < -0.4 is 10.2 Å². The van der Waals surface area contributed by atoms with Crippen LogP contribution in [0, 0.1) is 13.8 Å². The number of aryl methyl sites for hydroxylation is 2. The van der Waals surface area contributed by atoms with Gasteiger partial charge in [0.15, 0.2) is 0 Å². The van der Waals surface area contributed by atoms with Crippen molar-refractivity contribution in [3.63, 3.8) is 0 Å². The third-order valence-corrected chi connectivity index (χ3v) is 4.22. The van der Waals surface area contributed by atoms with Gasteiger partial charge in [-0.2, -0.15) is 5.10 Å². The maximum atomic E-state index is 12.3. The minimum absolute atomic E-state index is 0.00817. The van der Waals surface area contributed by atoms with Crippen molar-refractivity contribution in [2.24, 2.45) is 0 Å². The molecule has 2 aromatic rings. The fourth-order valence-electron chi connectivity index (χ4n) is 2.96. The standard InChI is InChI=1S/C17H22N4O/c1-12-16(13(2)20-19-12)11-17(22)18-14-6-5-7-15(10-14)21-8-3-4-9-21/h5-7,10H,3-4,8-9,11H2,1-2H3,(H,18,22)(H,19,20). The first-order chi connectivity index (χ1) is 10.6. The lowest BCUT2D eigenvalue weighted by atomic mass is 10.1. The van der Waals surface area contributed by atoms with E-state index in [1.165, 1.54) is 18.5 Å². The summed E-state index contributed by atoms with van der Waals surface area (Å²) in [5, 5.41) is 10.0. The number of benzene rings is 1. The smallest absolute Gasteiger partial charge is 0.228 e. The summed E-state index contributed by atoms with van der Waals surface area (Å²) in [4.78, 5) is 14.6. The molecule has 0 spiro atoms. The zero-order chi connectivity index (χ0) is 15.5. The molecule has 2 N–H and O–H groups in total. The molecule has 1 saturated heterocycles. The maximum absolute atomic E-state index is 12.3. The van der Waals surface area contributed by atoms with Crippen LogP contribution in [0.25, 0.3) is 0 Å². The highest BCUT2D eigenvalue weighted by Gasteiger charge is 2.14. The second-order valence-corrected chi connectivity index (χ2v) is 5.88. The van der Waals surface area contributed by atoms with Crippen LogP contribution in [0.1, 0.15) is 29.8 Å². The van der Waals surface area contributed by atoms with Gasteiger partial charge in [-0.05, 0) is 44.9 Å². The average Bonchev–Trinajstić information content (AvgIpc) is 3.13. The number of rotatable bonds is 4. The first kappa shape index (κ1) is 14.6. The normalized spacial score (nSPS) is 14.4. The molecule has 5 heteroatoms. The third kappa shape index (κ3) is 3.13. The number of anilines is 2. The van der Waals surface area contributed by atoms with Gasteiger partial charge in [-0.15, -0.1) is 0 Å². The predicted molar refractivity (Wildman–Crippen MR) is 88.3 cm³/mol. The van der Waals surface area contributed by atoms with Crippen molar-refractivity contribution >= 4 is 17.3 Å². The van der Waals surface area contributed by atoms with Gasteiger partial charge in [0.1, 0.15) is 0 Å². The Bertz CT molecular complexity index is 652. The highest BCUT2D eigenvalue weighted by atomic mass is 16.1. The molecule has 2 heterocycles. The largest absolute Gasteiger partial charge is 0.371 e. The van der Waals surface area contributed by atoms with Crippen LogP contribution in [-0.2, 0) is 11.2 Å². The van der Waals surface area contributed by atoms with Gasteiger partial charge in [-0.3, -0.25) is 9.89 Å². The van der Waals surface area contributed by atoms with Gasteiger partial charge < -0.3 is 10.2 Å². The summed E-state index contributed by atoms with van der Waals surface area (Å²) in [7, 11) is 0. The highest BCUT2D eigenvalue weighted by molar-refractivity contribution is 5.93. The highest BCUT2D eigenvalue weighted by Crippen LogP contribution is 2.23. The zero-order valence-corrected chi connectivity index (χ0v) is 13.1. The summed E-state index contributed by atoms with van der Waals surface area (Å²) in [6.07, 6.45) is 2.84. The summed E-state index contributed by atoms with van der Waals surface area (Å²) < 4.78 is 0. The Kier molecular flexibility index (Phi) is 4.13. The summed E-state index contributed by atoms with van der Waals surface area (Å²) in [6, 6.07) is 8.09. The number of H-pyrrole nitrogens is 1. The van der Waals surface area contributed by atoms with Crippen molar-refractivity contribution in [3.8, 4) is 0 Å². The summed E-state index contributed by atoms with van der Waals surface area (Å²) in [5.74, 6) is -0.00817. The molecule has 0 aliphatic carbocycles. The quantitative estimate of drug-likeness (QED) is 0.912. The molecule has 3 rings (SSSR count). The SMILES string of the molecule is Cc1n[nH]c(C)c1CC(=O)Nc1cccc(N2CCCC2)c1. The van der Waals surface area contributed by atoms with Gasteiger partial charge in [-0.25, -0.2) is 0 Å². The fourth-order valence-corrected chi connectivity index (χ4v) is 2.96. The molecule has 0 bridgehead atoms. The van der Waals surface area contributed by atoms with Crippen LogP contribution in [0.4, 0.5) is 11.4 Å². The molecule has 5 nitrogen and oxygen atoms in total. The third-order valence-electron chi connectivity index (χ3n) is 4.22. The van der Waals surface area contributed by atoms with E-state index in [9.17, 15) is 4.79 Å². The number of nitrogens with zero attached hydrogens (tertiary/aromatic N) is 2. The number of aromatic nitrogens is 2. The van der Waals surface area contributed by atoms with Gasteiger partial charge in [0.25, 0.3) is 0 Å². The monoisotopic (exact) mass is 298 g/mol. The Morgan fingerprint density at radius 3 is 2.77 bits per heavy atom. The van der Waals surface area contributed by atoms with Crippen molar-refractivity contribution in [2.75, 3.05) is 23.3 Å². The molecule has 1 aliphatic heterocycles. The number of carbonyl (C=O) groups is 1. The maximum Gasteiger partial charge on any atom is 0.228 e. The Morgan fingerprint density at radius 2 is 2.09 bits per heavy atom. The number of amides is 1. The Labute approximate surface area is 130 Å². The van der Waals surface area contributed by atoms with E-state index in [1.54, 1.807) is 0 Å². The molecule has 0 unspecified atom stereocenters. The van der Waals surface area contributed by atoms with Crippen LogP contribution in [0.15, 0.2) is 24.3 Å². The van der Waals surface area contributed by atoms with Gasteiger partial charge in [0, 0.05) is 35.7 Å². The van der Waals surface area contributed by atoms with Gasteiger partial charge in [0.2, 0.25) is 5.91 Å². The van der Waals surface area contributed by atoms with Crippen LogP contribution in [0.2, 0.25) is 0 Å². The van der Waals surface area contributed by atoms with E-state index in [4.69, 9.17) is 0 Å². The minimum Gasteiger partial charge on any atom is -0.371 e. The molecular formula is C17H22N4O. The van der Waals surface area contributed by atoms with Gasteiger partial charge in [0.05, 0.1) is 12.1 Å². The molecule has 1 fully saturated rings. The molecule has 0 radical (unpaired) electrons. The molecule has 1 aromatic carbocycles. The molecule has 1 aromatic heterocycles. The average molecular weight is 298 g/mol. The van der Waals surface area contributed by atoms with Crippen LogP contribution in [-0.4, -0.2) is 29.2 Å². The van der Waals surface area contributed by atoms with E-state index in [-0.39, 0.29) is 5.91 Å². The van der Waals surface area contributed by atoms with E-state index in [0.717, 1.165) is 35.7 Å². The van der Waals surface area contributed by atoms with Crippen molar-refractivity contribution < 1.29 is 4.79 Å². The zero-order valence-electron chi connectivity index (χ0n) is 13.1. The van der Waals surface area contributed by atoms with Crippen LogP contribution in [0.3, 0.4) is 0 Å².